The van der Waals surface area contributed by atoms with Gasteiger partial charge in [0, 0.05) is 7.59 Å². The molecule has 0 aliphatic carbocycles. The van der Waals surface area contributed by atoms with Crippen molar-refractivity contribution < 1.29 is 0 Å². The summed E-state index contributed by atoms with van der Waals surface area (Å²) < 4.78 is 2.81. The molecular formula is C11H29NSi2. The van der Waals surface area contributed by atoms with Crippen LogP contribution in [0.4, 0.5) is 0 Å². The predicted octanol–water partition coefficient (Wildman–Crippen LogP) is 2.52. The van der Waals surface area contributed by atoms with E-state index >= 15 is 0 Å². The molecular weight excluding hydrogens is 202 g/mol. The molecule has 0 heterocycles. The first kappa shape index (κ1) is 14.4. The Morgan fingerprint density at radius 1 is 0.929 bits per heavy atom. The highest BCUT2D eigenvalue weighted by molar-refractivity contribution is 7.22. The molecule has 3 heteroatoms. The summed E-state index contributed by atoms with van der Waals surface area (Å²) in [6.07, 6.45) is 0. The maximum Gasteiger partial charge on any atom is 0.0863 e. The molecule has 0 N–H and O–H groups in total. The zero-order valence-corrected chi connectivity index (χ0v) is 13.6. The molecule has 0 aromatic heterocycles. The molecule has 0 aliphatic rings. The van der Waals surface area contributed by atoms with Crippen LogP contribution in [0.5, 0.6) is 0 Å². The molecule has 1 nitrogen and oxygen atoms in total. The van der Waals surface area contributed by atoms with Crippen molar-refractivity contribution in [3.8, 4) is 0 Å². The van der Waals surface area contributed by atoms with E-state index in [2.05, 4.69) is 51.9 Å². The summed E-state index contributed by atoms with van der Waals surface area (Å²) in [5.41, 5.74) is 0. The van der Waals surface area contributed by atoms with Crippen LogP contribution in [-0.4, -0.2) is 34.4 Å². The average molecular weight is 232 g/mol. The van der Waals surface area contributed by atoms with Crippen molar-refractivity contribution in [1.29, 1.82) is 0 Å². The van der Waals surface area contributed by atoms with Crippen LogP contribution >= 0.6 is 0 Å². The fourth-order valence-corrected chi connectivity index (χ4v) is 9.34. The highest BCUT2D eigenvalue weighted by atomic mass is 29.2. The summed E-state index contributed by atoms with van der Waals surface area (Å²) in [5, 5.41) is 0. The standard InChI is InChI=1S/C11H29NSi2/c1-10(2)8-12(9-11(3)4)13-14(5,6)7/h10-11H,8-9,13H2,1-7H3. The Hall–Kier alpha value is 0.394. The van der Waals surface area contributed by atoms with E-state index in [1.54, 1.807) is 0 Å². The molecule has 0 radical (unpaired) electrons. The predicted molar refractivity (Wildman–Crippen MR) is 73.1 cm³/mol. The quantitative estimate of drug-likeness (QED) is 0.635. The highest BCUT2D eigenvalue weighted by Gasteiger charge is 2.20. The van der Waals surface area contributed by atoms with Gasteiger partial charge in [-0.2, -0.15) is 0 Å². The van der Waals surface area contributed by atoms with Gasteiger partial charge in [-0.1, -0.05) is 47.3 Å². The third-order valence-electron chi connectivity index (χ3n) is 1.94. The molecule has 0 spiro atoms. The van der Waals surface area contributed by atoms with E-state index in [0.717, 1.165) is 11.8 Å². The molecule has 0 atom stereocenters. The molecule has 0 fully saturated rings. The Balaban J connectivity index is 4.11. The van der Waals surface area contributed by atoms with Crippen molar-refractivity contribution in [1.82, 2.24) is 4.57 Å². The van der Waals surface area contributed by atoms with Crippen molar-refractivity contribution in [2.75, 3.05) is 13.1 Å². The van der Waals surface area contributed by atoms with Crippen molar-refractivity contribution in [3.63, 3.8) is 0 Å². The van der Waals surface area contributed by atoms with Gasteiger partial charge in [-0.05, 0) is 24.9 Å². The van der Waals surface area contributed by atoms with E-state index < -0.39 is 7.59 Å². The fourth-order valence-electron chi connectivity index (χ4n) is 1.91. The minimum absolute atomic E-state index is 0.0502. The minimum atomic E-state index is -0.789. The van der Waals surface area contributed by atoms with Crippen molar-refractivity contribution >= 4 is 16.8 Å². The van der Waals surface area contributed by atoms with Crippen LogP contribution in [0.1, 0.15) is 27.7 Å². The smallest absolute Gasteiger partial charge is 0.0863 e. The lowest BCUT2D eigenvalue weighted by Crippen LogP contribution is -2.46. The van der Waals surface area contributed by atoms with Gasteiger partial charge in [0.15, 0.2) is 0 Å². The Morgan fingerprint density at radius 3 is 1.50 bits per heavy atom. The van der Waals surface area contributed by atoms with E-state index in [1.807, 2.05) is 0 Å². The van der Waals surface area contributed by atoms with E-state index in [-0.39, 0.29) is 9.20 Å². The van der Waals surface area contributed by atoms with Crippen molar-refractivity contribution in [2.45, 2.75) is 47.3 Å². The maximum absolute atomic E-state index is 2.81. The number of rotatable bonds is 6. The number of nitrogens with zero attached hydrogens (tertiary/aromatic N) is 1. The summed E-state index contributed by atoms with van der Waals surface area (Å²) in [7, 11) is -0.739. The molecule has 0 saturated heterocycles. The van der Waals surface area contributed by atoms with Crippen LogP contribution < -0.4 is 0 Å². The van der Waals surface area contributed by atoms with Gasteiger partial charge >= 0.3 is 0 Å². The Morgan fingerprint density at radius 2 is 1.29 bits per heavy atom. The highest BCUT2D eigenvalue weighted by Crippen LogP contribution is 2.07. The normalized spacial score (nSPS) is 14.1. The minimum Gasteiger partial charge on any atom is -0.331 e. The van der Waals surface area contributed by atoms with Gasteiger partial charge in [0.25, 0.3) is 0 Å². The third kappa shape index (κ3) is 8.97. The molecule has 0 saturated carbocycles. The fraction of sp³-hybridized carbons (Fsp3) is 1.00. The summed E-state index contributed by atoms with van der Waals surface area (Å²) in [6.45, 7) is 19.6. The van der Waals surface area contributed by atoms with Gasteiger partial charge in [-0.15, -0.1) is 0 Å². The Kier molecular flexibility index (Phi) is 6.25. The molecule has 0 aliphatic heterocycles. The maximum atomic E-state index is 2.81. The number of hydrogen-bond acceptors (Lipinski definition) is 1. The topological polar surface area (TPSA) is 3.24 Å². The van der Waals surface area contributed by atoms with Gasteiger partial charge in [0.2, 0.25) is 0 Å². The third-order valence-corrected chi connectivity index (χ3v) is 8.04. The summed E-state index contributed by atoms with van der Waals surface area (Å²) in [5.74, 6) is 1.66. The average Bonchev–Trinajstić information content (AvgIpc) is 1.77. The van der Waals surface area contributed by atoms with Gasteiger partial charge in [0.05, 0.1) is 9.20 Å². The van der Waals surface area contributed by atoms with Crippen LogP contribution in [0, 0.1) is 11.8 Å². The monoisotopic (exact) mass is 231 g/mol. The van der Waals surface area contributed by atoms with Crippen molar-refractivity contribution in [3.05, 3.63) is 0 Å². The molecule has 0 amide bonds. The van der Waals surface area contributed by atoms with Crippen molar-refractivity contribution in [2.24, 2.45) is 11.8 Å². The zero-order chi connectivity index (χ0) is 11.4. The van der Waals surface area contributed by atoms with Gasteiger partial charge < -0.3 is 4.57 Å². The van der Waals surface area contributed by atoms with E-state index in [4.69, 9.17) is 0 Å². The van der Waals surface area contributed by atoms with Gasteiger partial charge in [-0.25, -0.2) is 0 Å². The number of hydrogen-bond donors (Lipinski definition) is 0. The van der Waals surface area contributed by atoms with E-state index in [1.165, 1.54) is 13.1 Å². The SMILES string of the molecule is CC(C)CN(CC(C)C)[SiH2][Si](C)(C)C. The largest absolute Gasteiger partial charge is 0.331 e. The molecule has 0 rings (SSSR count). The molecule has 0 aromatic carbocycles. The summed E-state index contributed by atoms with van der Waals surface area (Å²) in [4.78, 5) is 0. The second kappa shape index (κ2) is 6.08. The lowest BCUT2D eigenvalue weighted by molar-refractivity contribution is 0.349. The van der Waals surface area contributed by atoms with Gasteiger partial charge in [-0.3, -0.25) is 0 Å². The summed E-state index contributed by atoms with van der Waals surface area (Å²) >= 11 is 0. The first-order valence-corrected chi connectivity index (χ1v) is 12.4. The first-order chi connectivity index (χ1) is 6.20. The molecule has 14 heavy (non-hydrogen) atoms. The Labute approximate surface area is 94.0 Å². The van der Waals surface area contributed by atoms with Crippen LogP contribution in [0.25, 0.3) is 0 Å². The van der Waals surface area contributed by atoms with Crippen LogP contribution in [0.3, 0.4) is 0 Å². The van der Waals surface area contributed by atoms with Gasteiger partial charge in [0.1, 0.15) is 0 Å². The Bertz CT molecular complexity index is 140. The molecule has 0 unspecified atom stereocenters. The van der Waals surface area contributed by atoms with E-state index in [9.17, 15) is 0 Å². The molecule has 0 aromatic rings. The first-order valence-electron chi connectivity index (χ1n) is 5.93. The second-order valence-corrected chi connectivity index (χ2v) is 20.2. The molecule has 0 bridgehead atoms. The zero-order valence-electron chi connectivity index (χ0n) is 11.2. The van der Waals surface area contributed by atoms with E-state index in [0.29, 0.717) is 0 Å². The lowest BCUT2D eigenvalue weighted by Gasteiger charge is -2.31. The lowest BCUT2D eigenvalue weighted by atomic mass is 10.2. The second-order valence-electron chi connectivity index (χ2n) is 6.54. The molecule has 86 valence electrons. The van der Waals surface area contributed by atoms with Crippen LogP contribution in [-0.2, 0) is 0 Å². The van der Waals surface area contributed by atoms with Crippen LogP contribution in [0.2, 0.25) is 19.6 Å². The summed E-state index contributed by atoms with van der Waals surface area (Å²) in [6, 6.07) is 0. The van der Waals surface area contributed by atoms with Crippen LogP contribution in [0.15, 0.2) is 0 Å².